The highest BCUT2D eigenvalue weighted by atomic mass is 16.5. The van der Waals surface area contributed by atoms with Crippen LogP contribution in [0.5, 0.6) is 11.5 Å². The molecule has 0 atom stereocenters. The molecular weight excluding hydrogens is 370 g/mol. The molecule has 3 aromatic rings. The standard InChI is InChI=1S/C22H23N3O4/c1-27-19-9-8-16(14-20(19)28-2)21-18(22(26)24-10-12-29-13-11-24)15-25(23-21)17-6-4-3-5-7-17/h3-9,14-15H,10-13H2,1-2H3. The zero-order valence-electron chi connectivity index (χ0n) is 16.5. The first-order valence-electron chi connectivity index (χ1n) is 9.46. The molecule has 0 N–H and O–H groups in total. The molecule has 1 amide bonds. The van der Waals surface area contributed by atoms with Gasteiger partial charge in [0, 0.05) is 24.8 Å². The number of nitrogens with zero attached hydrogens (tertiary/aromatic N) is 3. The monoisotopic (exact) mass is 393 g/mol. The lowest BCUT2D eigenvalue weighted by atomic mass is 10.1. The Bertz CT molecular complexity index is 995. The SMILES string of the molecule is COc1ccc(-c2nn(-c3ccccc3)cc2C(=O)N2CCOCC2)cc1OC. The molecule has 1 aromatic heterocycles. The highest BCUT2D eigenvalue weighted by Crippen LogP contribution is 2.33. The van der Waals surface area contributed by atoms with E-state index in [9.17, 15) is 4.79 Å². The predicted molar refractivity (Wildman–Crippen MR) is 109 cm³/mol. The Hall–Kier alpha value is -3.32. The van der Waals surface area contributed by atoms with Crippen LogP contribution in [0.25, 0.3) is 16.9 Å². The van der Waals surface area contributed by atoms with Gasteiger partial charge in [0.15, 0.2) is 11.5 Å². The molecule has 0 bridgehead atoms. The van der Waals surface area contributed by atoms with E-state index in [1.165, 1.54) is 0 Å². The van der Waals surface area contributed by atoms with Gasteiger partial charge < -0.3 is 19.1 Å². The molecule has 1 fully saturated rings. The van der Waals surface area contributed by atoms with Crippen molar-refractivity contribution in [3.63, 3.8) is 0 Å². The predicted octanol–water partition coefficient (Wildman–Crippen LogP) is 3.03. The van der Waals surface area contributed by atoms with Crippen molar-refractivity contribution < 1.29 is 19.0 Å². The highest BCUT2D eigenvalue weighted by Gasteiger charge is 2.25. The number of amides is 1. The van der Waals surface area contributed by atoms with Gasteiger partial charge in [0.1, 0.15) is 5.69 Å². The number of rotatable bonds is 5. The van der Waals surface area contributed by atoms with Crippen LogP contribution in [0.2, 0.25) is 0 Å². The van der Waals surface area contributed by atoms with E-state index in [1.54, 1.807) is 30.0 Å². The summed E-state index contributed by atoms with van der Waals surface area (Å²) in [6, 6.07) is 15.3. The molecule has 2 heterocycles. The van der Waals surface area contributed by atoms with Crippen molar-refractivity contribution in [1.29, 1.82) is 0 Å². The third-order valence-electron chi connectivity index (χ3n) is 4.92. The third-order valence-corrected chi connectivity index (χ3v) is 4.92. The highest BCUT2D eigenvalue weighted by molar-refractivity contribution is 6.00. The van der Waals surface area contributed by atoms with Gasteiger partial charge in [0.25, 0.3) is 5.91 Å². The van der Waals surface area contributed by atoms with E-state index < -0.39 is 0 Å². The molecule has 1 saturated heterocycles. The van der Waals surface area contributed by atoms with Gasteiger partial charge in [-0.15, -0.1) is 0 Å². The van der Waals surface area contributed by atoms with Crippen LogP contribution in [-0.4, -0.2) is 61.1 Å². The van der Waals surface area contributed by atoms with Crippen LogP contribution in [0.15, 0.2) is 54.7 Å². The summed E-state index contributed by atoms with van der Waals surface area (Å²) in [5, 5.41) is 4.74. The van der Waals surface area contributed by atoms with E-state index in [4.69, 9.17) is 19.3 Å². The lowest BCUT2D eigenvalue weighted by Crippen LogP contribution is -2.40. The number of para-hydroxylation sites is 1. The molecule has 29 heavy (non-hydrogen) atoms. The minimum atomic E-state index is -0.0553. The van der Waals surface area contributed by atoms with Gasteiger partial charge in [0.2, 0.25) is 0 Å². The van der Waals surface area contributed by atoms with Gasteiger partial charge in [0.05, 0.1) is 38.7 Å². The number of aromatic nitrogens is 2. The van der Waals surface area contributed by atoms with Crippen LogP contribution in [0.4, 0.5) is 0 Å². The number of morpholine rings is 1. The van der Waals surface area contributed by atoms with Gasteiger partial charge in [-0.05, 0) is 30.3 Å². The molecule has 0 radical (unpaired) electrons. The largest absolute Gasteiger partial charge is 0.493 e. The zero-order valence-corrected chi connectivity index (χ0v) is 16.5. The molecule has 0 saturated carbocycles. The number of methoxy groups -OCH3 is 2. The first-order valence-corrected chi connectivity index (χ1v) is 9.46. The molecular formula is C22H23N3O4. The minimum absolute atomic E-state index is 0.0553. The number of benzene rings is 2. The van der Waals surface area contributed by atoms with Gasteiger partial charge in [-0.1, -0.05) is 18.2 Å². The number of hydrogen-bond acceptors (Lipinski definition) is 5. The number of carbonyl (C=O) groups excluding carboxylic acids is 1. The summed E-state index contributed by atoms with van der Waals surface area (Å²) >= 11 is 0. The molecule has 0 unspecified atom stereocenters. The van der Waals surface area contributed by atoms with Crippen molar-refractivity contribution in [2.45, 2.75) is 0 Å². The maximum Gasteiger partial charge on any atom is 0.257 e. The summed E-state index contributed by atoms with van der Waals surface area (Å²) in [5.41, 5.74) is 2.82. The van der Waals surface area contributed by atoms with E-state index in [0.717, 1.165) is 11.3 Å². The maximum atomic E-state index is 13.3. The van der Waals surface area contributed by atoms with Gasteiger partial charge >= 0.3 is 0 Å². The van der Waals surface area contributed by atoms with Crippen molar-refractivity contribution in [3.8, 4) is 28.4 Å². The summed E-state index contributed by atoms with van der Waals surface area (Å²) in [7, 11) is 3.18. The first-order chi connectivity index (χ1) is 14.2. The second-order valence-corrected chi connectivity index (χ2v) is 6.65. The van der Waals surface area contributed by atoms with Crippen molar-refractivity contribution in [1.82, 2.24) is 14.7 Å². The fraction of sp³-hybridized carbons (Fsp3) is 0.273. The van der Waals surface area contributed by atoms with E-state index in [1.807, 2.05) is 48.5 Å². The smallest absolute Gasteiger partial charge is 0.257 e. The number of hydrogen-bond donors (Lipinski definition) is 0. The molecule has 7 heteroatoms. The van der Waals surface area contributed by atoms with Crippen LogP contribution >= 0.6 is 0 Å². The Morgan fingerprint density at radius 2 is 1.72 bits per heavy atom. The minimum Gasteiger partial charge on any atom is -0.493 e. The number of ether oxygens (including phenoxy) is 3. The average Bonchev–Trinajstić information content (AvgIpc) is 3.24. The van der Waals surface area contributed by atoms with E-state index in [2.05, 4.69) is 0 Å². The number of carbonyl (C=O) groups is 1. The van der Waals surface area contributed by atoms with Crippen LogP contribution in [0, 0.1) is 0 Å². The second-order valence-electron chi connectivity index (χ2n) is 6.65. The average molecular weight is 393 g/mol. The molecule has 4 rings (SSSR count). The van der Waals surface area contributed by atoms with Crippen molar-refractivity contribution in [2.24, 2.45) is 0 Å². The Kier molecular flexibility index (Phi) is 5.48. The topological polar surface area (TPSA) is 65.8 Å². The van der Waals surface area contributed by atoms with Gasteiger partial charge in [-0.3, -0.25) is 4.79 Å². The molecule has 2 aromatic carbocycles. The van der Waals surface area contributed by atoms with E-state index in [-0.39, 0.29) is 5.91 Å². The van der Waals surface area contributed by atoms with E-state index in [0.29, 0.717) is 49.1 Å². The molecule has 1 aliphatic rings. The fourth-order valence-electron chi connectivity index (χ4n) is 3.38. The second kappa shape index (κ2) is 8.36. The lowest BCUT2D eigenvalue weighted by molar-refractivity contribution is 0.0303. The van der Waals surface area contributed by atoms with Crippen LogP contribution in [0.1, 0.15) is 10.4 Å². The first kappa shape index (κ1) is 19.0. The fourth-order valence-corrected chi connectivity index (χ4v) is 3.38. The Morgan fingerprint density at radius 3 is 2.41 bits per heavy atom. The van der Waals surface area contributed by atoms with Gasteiger partial charge in [-0.25, -0.2) is 4.68 Å². The van der Waals surface area contributed by atoms with Crippen LogP contribution in [-0.2, 0) is 4.74 Å². The van der Waals surface area contributed by atoms with Crippen molar-refractivity contribution in [2.75, 3.05) is 40.5 Å². The Morgan fingerprint density at radius 1 is 1.00 bits per heavy atom. The molecule has 1 aliphatic heterocycles. The third kappa shape index (κ3) is 3.82. The summed E-state index contributed by atoms with van der Waals surface area (Å²) < 4.78 is 17.9. The zero-order chi connectivity index (χ0) is 20.2. The van der Waals surface area contributed by atoms with Crippen LogP contribution < -0.4 is 9.47 Å². The van der Waals surface area contributed by atoms with Crippen LogP contribution in [0.3, 0.4) is 0 Å². The summed E-state index contributed by atoms with van der Waals surface area (Å²) in [4.78, 5) is 15.1. The quantitative estimate of drug-likeness (QED) is 0.667. The summed E-state index contributed by atoms with van der Waals surface area (Å²) in [5.74, 6) is 1.16. The van der Waals surface area contributed by atoms with Crippen molar-refractivity contribution >= 4 is 5.91 Å². The van der Waals surface area contributed by atoms with Gasteiger partial charge in [-0.2, -0.15) is 5.10 Å². The van der Waals surface area contributed by atoms with Crippen molar-refractivity contribution in [3.05, 3.63) is 60.3 Å². The lowest BCUT2D eigenvalue weighted by Gasteiger charge is -2.26. The normalized spacial score (nSPS) is 13.9. The Balaban J connectivity index is 1.81. The molecule has 150 valence electrons. The maximum absolute atomic E-state index is 13.3. The molecule has 0 aliphatic carbocycles. The Labute approximate surface area is 169 Å². The summed E-state index contributed by atoms with van der Waals surface area (Å²) in [6.45, 7) is 2.23. The van der Waals surface area contributed by atoms with E-state index >= 15 is 0 Å². The summed E-state index contributed by atoms with van der Waals surface area (Å²) in [6.07, 6.45) is 1.79. The molecule has 0 spiro atoms. The molecule has 7 nitrogen and oxygen atoms in total.